The molecule has 2 aromatic heterocycles. The van der Waals surface area contributed by atoms with Gasteiger partial charge in [0.2, 0.25) is 0 Å². The van der Waals surface area contributed by atoms with Crippen LogP contribution in [0.1, 0.15) is 37.9 Å². The first-order chi connectivity index (χ1) is 8.44. The molecule has 0 unspecified atom stereocenters. The molecule has 1 aliphatic carbocycles. The fourth-order valence-corrected chi connectivity index (χ4v) is 3.10. The van der Waals surface area contributed by atoms with E-state index in [1.807, 2.05) is 0 Å². The number of anilines is 1. The van der Waals surface area contributed by atoms with Crippen LogP contribution in [0.15, 0.2) is 6.33 Å². The van der Waals surface area contributed by atoms with Gasteiger partial charge in [-0.1, -0.05) is 0 Å². The number of nitrogen functional groups attached to an aromatic ring is 1. The summed E-state index contributed by atoms with van der Waals surface area (Å²) >= 11 is 0. The van der Waals surface area contributed by atoms with Gasteiger partial charge in [-0.05, 0) is 52.0 Å². The molecule has 1 fully saturated rings. The molecule has 4 heteroatoms. The number of aryl methyl sites for hydroxylation is 1. The normalized spacial score (nSPS) is 16.4. The summed E-state index contributed by atoms with van der Waals surface area (Å²) in [5, 5.41) is 1.02. The van der Waals surface area contributed by atoms with Crippen molar-refractivity contribution in [1.29, 1.82) is 0 Å². The molecule has 0 aromatic carbocycles. The zero-order valence-electron chi connectivity index (χ0n) is 11.5. The molecule has 2 N–H and O–H groups in total. The molecule has 1 saturated carbocycles. The summed E-state index contributed by atoms with van der Waals surface area (Å²) in [7, 11) is 0. The van der Waals surface area contributed by atoms with E-state index in [0.717, 1.165) is 17.0 Å². The van der Waals surface area contributed by atoms with Crippen molar-refractivity contribution in [2.24, 2.45) is 5.92 Å². The lowest BCUT2D eigenvalue weighted by molar-refractivity contribution is 0.308. The molecule has 0 spiro atoms. The summed E-state index contributed by atoms with van der Waals surface area (Å²) in [4.78, 5) is 8.59. The summed E-state index contributed by atoms with van der Waals surface area (Å²) in [5.74, 6) is 1.34. The molecule has 0 aliphatic heterocycles. The first kappa shape index (κ1) is 11.5. The lowest BCUT2D eigenvalue weighted by Gasteiger charge is -2.29. The van der Waals surface area contributed by atoms with E-state index >= 15 is 0 Å². The standard InChI is InChI=1S/C14H20N4/c1-8-9(2)18(14(3,4)10-5-6-10)13-11(8)12(15)16-7-17-13/h7,10H,5-6H2,1-4H3,(H2,15,16,17). The Morgan fingerprint density at radius 1 is 1.28 bits per heavy atom. The van der Waals surface area contributed by atoms with Gasteiger partial charge in [-0.25, -0.2) is 9.97 Å². The van der Waals surface area contributed by atoms with Gasteiger partial charge in [0.1, 0.15) is 17.8 Å². The molecular weight excluding hydrogens is 224 g/mol. The monoisotopic (exact) mass is 244 g/mol. The topological polar surface area (TPSA) is 56.7 Å². The zero-order valence-corrected chi connectivity index (χ0v) is 11.5. The molecular formula is C14H20N4. The van der Waals surface area contributed by atoms with E-state index in [2.05, 4.69) is 42.2 Å². The minimum Gasteiger partial charge on any atom is -0.383 e. The van der Waals surface area contributed by atoms with Crippen LogP contribution in [-0.2, 0) is 5.54 Å². The molecule has 4 nitrogen and oxygen atoms in total. The first-order valence-electron chi connectivity index (χ1n) is 6.53. The molecule has 0 radical (unpaired) electrons. The number of nitrogens with two attached hydrogens (primary N) is 1. The van der Waals surface area contributed by atoms with Crippen LogP contribution < -0.4 is 5.73 Å². The van der Waals surface area contributed by atoms with Crippen LogP contribution in [0.3, 0.4) is 0 Å². The van der Waals surface area contributed by atoms with E-state index in [1.54, 1.807) is 6.33 Å². The Kier molecular flexibility index (Phi) is 2.22. The minimum absolute atomic E-state index is 0.109. The van der Waals surface area contributed by atoms with E-state index in [-0.39, 0.29) is 5.54 Å². The van der Waals surface area contributed by atoms with Crippen LogP contribution in [0.2, 0.25) is 0 Å². The zero-order chi connectivity index (χ0) is 13.1. The molecule has 0 saturated heterocycles. The Balaban J connectivity index is 2.36. The summed E-state index contributed by atoms with van der Waals surface area (Å²) in [6.45, 7) is 8.86. The summed E-state index contributed by atoms with van der Waals surface area (Å²) in [6, 6.07) is 0. The summed E-state index contributed by atoms with van der Waals surface area (Å²) in [5.41, 5.74) is 9.56. The van der Waals surface area contributed by atoms with E-state index in [9.17, 15) is 0 Å². The average Bonchev–Trinajstić information content (AvgIpc) is 3.09. The van der Waals surface area contributed by atoms with Gasteiger partial charge in [0.25, 0.3) is 0 Å². The smallest absolute Gasteiger partial charge is 0.146 e. The Labute approximate surface area is 107 Å². The van der Waals surface area contributed by atoms with Crippen molar-refractivity contribution < 1.29 is 0 Å². The molecule has 1 aliphatic rings. The van der Waals surface area contributed by atoms with E-state index in [1.165, 1.54) is 24.1 Å². The number of rotatable bonds is 2. The fraction of sp³-hybridized carbons (Fsp3) is 0.571. The van der Waals surface area contributed by atoms with Gasteiger partial charge in [-0.15, -0.1) is 0 Å². The maximum absolute atomic E-state index is 6.01. The molecule has 0 amide bonds. The minimum atomic E-state index is 0.109. The predicted molar refractivity (Wildman–Crippen MR) is 73.5 cm³/mol. The second-order valence-electron chi connectivity index (χ2n) is 5.93. The van der Waals surface area contributed by atoms with Crippen molar-refractivity contribution in [3.05, 3.63) is 17.6 Å². The van der Waals surface area contributed by atoms with Crippen LogP contribution in [0.4, 0.5) is 5.82 Å². The third-order valence-electron chi connectivity index (χ3n) is 4.47. The van der Waals surface area contributed by atoms with Gasteiger partial charge >= 0.3 is 0 Å². The number of fused-ring (bicyclic) bond motifs is 1. The molecule has 3 rings (SSSR count). The third-order valence-corrected chi connectivity index (χ3v) is 4.47. The van der Waals surface area contributed by atoms with E-state index in [0.29, 0.717) is 5.82 Å². The van der Waals surface area contributed by atoms with Gasteiger partial charge in [0.15, 0.2) is 0 Å². The van der Waals surface area contributed by atoms with Crippen molar-refractivity contribution >= 4 is 16.9 Å². The molecule has 0 atom stereocenters. The summed E-state index contributed by atoms with van der Waals surface area (Å²) < 4.78 is 2.35. The molecule has 2 heterocycles. The van der Waals surface area contributed by atoms with Crippen LogP contribution in [0.5, 0.6) is 0 Å². The van der Waals surface area contributed by atoms with Gasteiger partial charge in [-0.2, -0.15) is 0 Å². The largest absolute Gasteiger partial charge is 0.383 e. The van der Waals surface area contributed by atoms with Crippen molar-refractivity contribution in [3.8, 4) is 0 Å². The highest BCUT2D eigenvalue weighted by atomic mass is 15.1. The highest BCUT2D eigenvalue weighted by Gasteiger charge is 2.41. The molecule has 96 valence electrons. The SMILES string of the molecule is Cc1c(C)n(C(C)(C)C2CC2)c2ncnc(N)c12. The second kappa shape index (κ2) is 3.46. The Morgan fingerprint density at radius 2 is 1.94 bits per heavy atom. The fourth-order valence-electron chi connectivity index (χ4n) is 3.10. The molecule has 0 bridgehead atoms. The summed E-state index contributed by atoms with van der Waals surface area (Å²) in [6.07, 6.45) is 4.19. The highest BCUT2D eigenvalue weighted by Crippen LogP contribution is 2.46. The van der Waals surface area contributed by atoms with Crippen LogP contribution >= 0.6 is 0 Å². The first-order valence-corrected chi connectivity index (χ1v) is 6.53. The lowest BCUT2D eigenvalue weighted by Crippen LogP contribution is -2.30. The van der Waals surface area contributed by atoms with Crippen molar-refractivity contribution in [2.45, 2.75) is 46.1 Å². The lowest BCUT2D eigenvalue weighted by atomic mass is 9.98. The maximum Gasteiger partial charge on any atom is 0.146 e. The number of nitrogens with zero attached hydrogens (tertiary/aromatic N) is 3. The van der Waals surface area contributed by atoms with Crippen molar-refractivity contribution in [1.82, 2.24) is 14.5 Å². The Hall–Kier alpha value is -1.58. The quantitative estimate of drug-likeness (QED) is 0.883. The molecule has 2 aromatic rings. The van der Waals surface area contributed by atoms with Gasteiger partial charge < -0.3 is 10.3 Å². The van der Waals surface area contributed by atoms with E-state index < -0.39 is 0 Å². The van der Waals surface area contributed by atoms with Gasteiger partial charge in [0, 0.05) is 11.2 Å². The van der Waals surface area contributed by atoms with Crippen molar-refractivity contribution in [2.75, 3.05) is 5.73 Å². The van der Waals surface area contributed by atoms with Crippen LogP contribution in [-0.4, -0.2) is 14.5 Å². The Morgan fingerprint density at radius 3 is 2.56 bits per heavy atom. The van der Waals surface area contributed by atoms with Crippen LogP contribution in [0, 0.1) is 19.8 Å². The highest BCUT2D eigenvalue weighted by molar-refractivity contribution is 5.91. The number of hydrogen-bond donors (Lipinski definition) is 1. The Bertz CT molecular complexity index is 620. The van der Waals surface area contributed by atoms with Crippen molar-refractivity contribution in [3.63, 3.8) is 0 Å². The van der Waals surface area contributed by atoms with Gasteiger partial charge in [-0.3, -0.25) is 0 Å². The van der Waals surface area contributed by atoms with E-state index in [4.69, 9.17) is 5.73 Å². The second-order valence-corrected chi connectivity index (χ2v) is 5.93. The van der Waals surface area contributed by atoms with Crippen LogP contribution in [0.25, 0.3) is 11.0 Å². The number of aromatic nitrogens is 3. The van der Waals surface area contributed by atoms with Gasteiger partial charge in [0.05, 0.1) is 5.39 Å². The number of hydrogen-bond acceptors (Lipinski definition) is 3. The average molecular weight is 244 g/mol. The molecule has 18 heavy (non-hydrogen) atoms. The predicted octanol–water partition coefficient (Wildman–Crippen LogP) is 2.78. The maximum atomic E-state index is 6.01. The third kappa shape index (κ3) is 1.38.